The molecule has 1 atom stereocenters. The fourth-order valence-corrected chi connectivity index (χ4v) is 2.14. The van der Waals surface area contributed by atoms with Gasteiger partial charge >= 0.3 is 0 Å². The van der Waals surface area contributed by atoms with Gasteiger partial charge in [-0.3, -0.25) is 10.2 Å². The van der Waals surface area contributed by atoms with E-state index in [9.17, 15) is 4.79 Å². The van der Waals surface area contributed by atoms with Crippen LogP contribution in [-0.2, 0) is 4.79 Å². The van der Waals surface area contributed by atoms with Crippen molar-refractivity contribution in [3.63, 3.8) is 0 Å². The van der Waals surface area contributed by atoms with E-state index in [0.717, 1.165) is 24.4 Å². The maximum Gasteiger partial charge on any atom is 0.263 e. The van der Waals surface area contributed by atoms with Gasteiger partial charge in [0.15, 0.2) is 0 Å². The molecule has 0 saturated carbocycles. The second-order valence-electron chi connectivity index (χ2n) is 3.62. The van der Waals surface area contributed by atoms with Gasteiger partial charge in [0.05, 0.1) is 6.04 Å². The van der Waals surface area contributed by atoms with E-state index in [1.807, 2.05) is 18.2 Å². The van der Waals surface area contributed by atoms with Gasteiger partial charge in [-0.05, 0) is 12.2 Å². The van der Waals surface area contributed by atoms with Crippen molar-refractivity contribution in [2.45, 2.75) is 6.04 Å². The maximum atomic E-state index is 11.5. The highest BCUT2D eigenvalue weighted by Gasteiger charge is 2.36. The first-order valence-electron chi connectivity index (χ1n) is 4.74. The Balaban J connectivity index is 2.01. The molecule has 3 aliphatic rings. The molecule has 1 unspecified atom stereocenters. The summed E-state index contributed by atoms with van der Waals surface area (Å²) >= 11 is 0. The van der Waals surface area contributed by atoms with Crippen LogP contribution in [0.25, 0.3) is 0 Å². The molecule has 4 nitrogen and oxygen atoms in total. The molecule has 0 radical (unpaired) electrons. The summed E-state index contributed by atoms with van der Waals surface area (Å²) in [7, 11) is 0. The summed E-state index contributed by atoms with van der Waals surface area (Å²) in [5, 5.41) is 0. The summed E-state index contributed by atoms with van der Waals surface area (Å²) in [6.07, 6.45) is 8.16. The lowest BCUT2D eigenvalue weighted by Crippen LogP contribution is -2.54. The Morgan fingerprint density at radius 3 is 3.36 bits per heavy atom. The first-order chi connectivity index (χ1) is 6.86. The second kappa shape index (κ2) is 2.72. The number of carbonyl (C=O) groups is 1. The Morgan fingerprint density at radius 2 is 2.43 bits per heavy atom. The van der Waals surface area contributed by atoms with Gasteiger partial charge in [0.2, 0.25) is 0 Å². The van der Waals surface area contributed by atoms with Crippen LogP contribution in [0.15, 0.2) is 35.6 Å². The molecular weight excluding hydrogens is 178 g/mol. The van der Waals surface area contributed by atoms with Crippen molar-refractivity contribution in [3.8, 4) is 0 Å². The minimum absolute atomic E-state index is 0.00319. The lowest BCUT2D eigenvalue weighted by Gasteiger charge is -2.32. The number of nitrogens with zero attached hydrogens (tertiary/aromatic N) is 1. The first kappa shape index (κ1) is 7.82. The first-order valence-corrected chi connectivity index (χ1v) is 4.74. The van der Waals surface area contributed by atoms with Crippen molar-refractivity contribution in [2.24, 2.45) is 0 Å². The smallest absolute Gasteiger partial charge is 0.263 e. The summed E-state index contributed by atoms with van der Waals surface area (Å²) < 4.78 is 0. The van der Waals surface area contributed by atoms with Crippen LogP contribution >= 0.6 is 0 Å². The molecule has 0 spiro atoms. The topological polar surface area (TPSA) is 44.4 Å². The van der Waals surface area contributed by atoms with Crippen molar-refractivity contribution in [2.75, 3.05) is 13.1 Å². The van der Waals surface area contributed by atoms with Crippen LogP contribution < -0.4 is 10.9 Å². The number of nitrogens with one attached hydrogen (secondary N) is 2. The molecule has 0 aromatic carbocycles. The summed E-state index contributed by atoms with van der Waals surface area (Å²) in [5.41, 5.74) is 7.56. The molecule has 2 N–H and O–H groups in total. The molecule has 0 aromatic heterocycles. The number of fused-ring (bicyclic) bond motifs is 3. The fraction of sp³-hybridized carbons (Fsp3) is 0.300. The largest absolute Gasteiger partial charge is 0.359 e. The molecule has 3 aliphatic heterocycles. The molecule has 1 saturated heterocycles. The zero-order chi connectivity index (χ0) is 9.54. The van der Waals surface area contributed by atoms with Gasteiger partial charge in [-0.2, -0.15) is 0 Å². The van der Waals surface area contributed by atoms with Crippen LogP contribution in [0.3, 0.4) is 0 Å². The molecule has 1 amide bonds. The van der Waals surface area contributed by atoms with Gasteiger partial charge < -0.3 is 4.90 Å². The van der Waals surface area contributed by atoms with E-state index < -0.39 is 0 Å². The molecule has 0 aromatic rings. The minimum atomic E-state index is -0.00319. The number of rotatable bonds is 0. The van der Waals surface area contributed by atoms with Crippen LogP contribution in [0.5, 0.6) is 0 Å². The van der Waals surface area contributed by atoms with E-state index >= 15 is 0 Å². The fourth-order valence-electron chi connectivity index (χ4n) is 2.14. The lowest BCUT2D eigenvalue weighted by atomic mass is 10.1. The monoisotopic (exact) mass is 189 g/mol. The minimum Gasteiger partial charge on any atom is -0.359 e. The Labute approximate surface area is 81.9 Å². The Morgan fingerprint density at radius 1 is 1.50 bits per heavy atom. The van der Waals surface area contributed by atoms with Gasteiger partial charge in [0.1, 0.15) is 0 Å². The molecule has 0 aliphatic carbocycles. The Hall–Kier alpha value is -1.55. The Kier molecular flexibility index (Phi) is 1.52. The van der Waals surface area contributed by atoms with Crippen LogP contribution in [0, 0.1) is 0 Å². The molecule has 72 valence electrons. The third-order valence-corrected chi connectivity index (χ3v) is 2.83. The molecule has 3 heterocycles. The van der Waals surface area contributed by atoms with Gasteiger partial charge in [-0.15, -0.1) is 0 Å². The predicted molar refractivity (Wildman–Crippen MR) is 51.9 cm³/mol. The number of hydrogen-bond acceptors (Lipinski definition) is 3. The average molecular weight is 189 g/mol. The zero-order valence-corrected chi connectivity index (χ0v) is 7.66. The highest BCUT2D eigenvalue weighted by atomic mass is 16.2. The van der Waals surface area contributed by atoms with E-state index in [0.29, 0.717) is 0 Å². The zero-order valence-electron chi connectivity index (χ0n) is 7.66. The van der Waals surface area contributed by atoms with E-state index in [4.69, 9.17) is 0 Å². The van der Waals surface area contributed by atoms with E-state index in [-0.39, 0.29) is 11.9 Å². The van der Waals surface area contributed by atoms with Crippen molar-refractivity contribution in [3.05, 3.63) is 35.6 Å². The molecule has 14 heavy (non-hydrogen) atoms. The number of allylic oxidation sites excluding steroid dienone is 3. The average Bonchev–Trinajstić information content (AvgIpc) is 2.59. The summed E-state index contributed by atoms with van der Waals surface area (Å²) in [6.45, 7) is 1.67. The highest BCUT2D eigenvalue weighted by Crippen LogP contribution is 2.29. The molecule has 4 heteroatoms. The third kappa shape index (κ3) is 0.943. The number of hydrogen-bond donors (Lipinski definition) is 2. The van der Waals surface area contributed by atoms with Gasteiger partial charge in [0, 0.05) is 24.4 Å². The standard InChI is InChI=1S/C10H11N3O/c14-10-8-5-7-3-1-2-4-13(7)9(8)6-11-12-10/h1-3,5,9,11H,4,6H2,(H,12,14). The Bertz CT molecular complexity index is 381. The quantitative estimate of drug-likeness (QED) is 0.549. The normalized spacial score (nSPS) is 29.0. The lowest BCUT2D eigenvalue weighted by molar-refractivity contribution is -0.120. The predicted octanol–water partition coefficient (Wildman–Crippen LogP) is -0.315. The molecule has 1 fully saturated rings. The summed E-state index contributed by atoms with van der Waals surface area (Å²) in [5.74, 6) is -0.00319. The van der Waals surface area contributed by atoms with Crippen molar-refractivity contribution in [1.82, 2.24) is 15.8 Å². The SMILES string of the molecule is O=C1NNCC2C1=CC1=CC=CCN12. The van der Waals surface area contributed by atoms with Gasteiger partial charge in [-0.1, -0.05) is 12.2 Å². The van der Waals surface area contributed by atoms with Crippen molar-refractivity contribution < 1.29 is 4.79 Å². The van der Waals surface area contributed by atoms with E-state index in [1.54, 1.807) is 0 Å². The van der Waals surface area contributed by atoms with Crippen LogP contribution in [-0.4, -0.2) is 29.9 Å². The van der Waals surface area contributed by atoms with Gasteiger partial charge in [0.25, 0.3) is 5.91 Å². The van der Waals surface area contributed by atoms with Crippen molar-refractivity contribution in [1.29, 1.82) is 0 Å². The number of carbonyl (C=O) groups excluding carboxylic acids is 1. The number of hydrazine groups is 1. The molecule has 0 bridgehead atoms. The molecule has 3 rings (SSSR count). The van der Waals surface area contributed by atoms with E-state index in [1.165, 1.54) is 0 Å². The third-order valence-electron chi connectivity index (χ3n) is 2.83. The summed E-state index contributed by atoms with van der Waals surface area (Å²) in [4.78, 5) is 13.7. The second-order valence-corrected chi connectivity index (χ2v) is 3.62. The number of amides is 1. The highest BCUT2D eigenvalue weighted by molar-refractivity contribution is 5.96. The van der Waals surface area contributed by atoms with Gasteiger partial charge in [-0.25, -0.2) is 5.43 Å². The van der Waals surface area contributed by atoms with Crippen LogP contribution in [0.1, 0.15) is 0 Å². The van der Waals surface area contributed by atoms with Crippen LogP contribution in [0.4, 0.5) is 0 Å². The maximum absolute atomic E-state index is 11.5. The molecular formula is C10H11N3O. The van der Waals surface area contributed by atoms with Crippen molar-refractivity contribution >= 4 is 5.91 Å². The van der Waals surface area contributed by atoms with Crippen LogP contribution in [0.2, 0.25) is 0 Å². The summed E-state index contributed by atoms with van der Waals surface area (Å²) in [6, 6.07) is 0.208. The van der Waals surface area contributed by atoms with E-state index in [2.05, 4.69) is 21.8 Å².